The van der Waals surface area contributed by atoms with Crippen molar-refractivity contribution in [2.75, 3.05) is 0 Å². The highest BCUT2D eigenvalue weighted by Crippen LogP contribution is 2.28. The molecule has 3 heterocycles. The number of carbonyl (C=O) groups excluding carboxylic acids is 3. The summed E-state index contributed by atoms with van der Waals surface area (Å²) in [7, 11) is 0. The van der Waals surface area contributed by atoms with Crippen molar-refractivity contribution in [3.05, 3.63) is 41.2 Å². The number of aromatic carboxylic acids is 1. The minimum atomic E-state index is -1.20. The van der Waals surface area contributed by atoms with Gasteiger partial charge in [0.15, 0.2) is 5.69 Å². The first-order chi connectivity index (χ1) is 12.4. The highest BCUT2D eigenvalue weighted by molar-refractivity contribution is 6.05. The molecule has 2 aliphatic heterocycles. The van der Waals surface area contributed by atoms with E-state index in [-0.39, 0.29) is 30.5 Å². The van der Waals surface area contributed by atoms with Crippen LogP contribution in [0, 0.1) is 0 Å². The molecule has 0 aliphatic carbocycles. The lowest BCUT2D eigenvalue weighted by Gasteiger charge is -2.29. The number of amides is 3. The molecule has 2 aliphatic rings. The summed E-state index contributed by atoms with van der Waals surface area (Å²) in [6.45, 7) is 0.276. The van der Waals surface area contributed by atoms with Crippen molar-refractivity contribution < 1.29 is 24.3 Å². The third-order valence-corrected chi connectivity index (χ3v) is 4.49. The van der Waals surface area contributed by atoms with Crippen molar-refractivity contribution in [1.29, 1.82) is 0 Å². The van der Waals surface area contributed by atoms with Crippen LogP contribution in [0.3, 0.4) is 0 Å². The standard InChI is InChI=1S/C16H13N5O5/c22-13-4-3-12(14(23)17-13)20-6-8-1-2-9(5-10(8)15(20)24)21-7-11(16(25)26)18-19-21/h1-2,5,7,12H,3-4,6H2,(H,25,26)(H,17,22,23). The van der Waals surface area contributed by atoms with Crippen molar-refractivity contribution in [2.45, 2.75) is 25.4 Å². The van der Waals surface area contributed by atoms with E-state index in [1.165, 1.54) is 15.8 Å². The highest BCUT2D eigenvalue weighted by atomic mass is 16.4. The number of nitrogens with one attached hydrogen (secondary N) is 1. The van der Waals surface area contributed by atoms with Gasteiger partial charge in [-0.3, -0.25) is 19.7 Å². The van der Waals surface area contributed by atoms with Crippen molar-refractivity contribution in [3.63, 3.8) is 0 Å². The quantitative estimate of drug-likeness (QED) is 0.723. The number of hydrogen-bond acceptors (Lipinski definition) is 6. The lowest BCUT2D eigenvalue weighted by molar-refractivity contribution is -0.136. The van der Waals surface area contributed by atoms with Crippen LogP contribution in [0.1, 0.15) is 39.3 Å². The largest absolute Gasteiger partial charge is 0.476 e. The van der Waals surface area contributed by atoms with Crippen LogP contribution in [-0.4, -0.2) is 54.7 Å². The summed E-state index contributed by atoms with van der Waals surface area (Å²) in [5.74, 6) is -2.31. The fourth-order valence-electron chi connectivity index (χ4n) is 3.17. The molecule has 26 heavy (non-hydrogen) atoms. The number of carboxylic acids is 1. The van der Waals surface area contributed by atoms with E-state index in [0.29, 0.717) is 17.7 Å². The molecule has 0 bridgehead atoms. The molecule has 0 radical (unpaired) electrons. The summed E-state index contributed by atoms with van der Waals surface area (Å²) in [6, 6.07) is 4.34. The number of carbonyl (C=O) groups is 4. The molecule has 2 aromatic rings. The Kier molecular flexibility index (Phi) is 3.53. The van der Waals surface area contributed by atoms with Gasteiger partial charge in [-0.25, -0.2) is 9.48 Å². The van der Waals surface area contributed by atoms with Gasteiger partial charge in [0.1, 0.15) is 6.04 Å². The summed E-state index contributed by atoms with van der Waals surface area (Å²) in [6.07, 6.45) is 1.74. The number of aromatic nitrogens is 3. The van der Waals surface area contributed by atoms with Crippen molar-refractivity contribution in [1.82, 2.24) is 25.2 Å². The van der Waals surface area contributed by atoms with Gasteiger partial charge in [-0.2, -0.15) is 0 Å². The number of nitrogens with zero attached hydrogens (tertiary/aromatic N) is 4. The summed E-state index contributed by atoms with van der Waals surface area (Å²) in [4.78, 5) is 48.4. The predicted molar refractivity (Wildman–Crippen MR) is 84.4 cm³/mol. The molecular weight excluding hydrogens is 342 g/mol. The number of benzene rings is 1. The topological polar surface area (TPSA) is 134 Å². The van der Waals surface area contributed by atoms with E-state index in [0.717, 1.165) is 5.56 Å². The number of rotatable bonds is 3. The highest BCUT2D eigenvalue weighted by Gasteiger charge is 2.39. The smallest absolute Gasteiger partial charge is 0.358 e. The predicted octanol–water partition coefficient (Wildman–Crippen LogP) is -0.273. The van der Waals surface area contributed by atoms with E-state index in [2.05, 4.69) is 15.6 Å². The maximum atomic E-state index is 12.7. The molecule has 10 heteroatoms. The van der Waals surface area contributed by atoms with Gasteiger partial charge in [0.05, 0.1) is 11.9 Å². The maximum Gasteiger partial charge on any atom is 0.358 e. The number of carboxylic acid groups (broad SMARTS) is 1. The average molecular weight is 355 g/mol. The molecule has 1 fully saturated rings. The third kappa shape index (κ3) is 2.51. The molecule has 10 nitrogen and oxygen atoms in total. The van der Waals surface area contributed by atoms with Gasteiger partial charge in [-0.05, 0) is 24.1 Å². The number of piperidine rings is 1. The Morgan fingerprint density at radius 3 is 2.77 bits per heavy atom. The summed E-state index contributed by atoms with van der Waals surface area (Å²) >= 11 is 0. The molecular formula is C16H13N5O5. The van der Waals surface area contributed by atoms with E-state index >= 15 is 0 Å². The van der Waals surface area contributed by atoms with Crippen LogP contribution < -0.4 is 5.32 Å². The Morgan fingerprint density at radius 2 is 2.08 bits per heavy atom. The molecule has 1 saturated heterocycles. The van der Waals surface area contributed by atoms with Crippen molar-refractivity contribution in [2.24, 2.45) is 0 Å². The van der Waals surface area contributed by atoms with Crippen molar-refractivity contribution >= 4 is 23.7 Å². The Hall–Kier alpha value is -3.56. The fraction of sp³-hybridized carbons (Fsp3) is 0.250. The van der Waals surface area contributed by atoms with Crippen LogP contribution in [0.5, 0.6) is 0 Å². The molecule has 132 valence electrons. The molecule has 2 N–H and O–H groups in total. The molecule has 0 spiro atoms. The first-order valence-electron chi connectivity index (χ1n) is 7.87. The van der Waals surface area contributed by atoms with Crippen LogP contribution in [0.25, 0.3) is 5.69 Å². The number of imide groups is 1. The second-order valence-corrected chi connectivity index (χ2v) is 6.09. The zero-order valence-corrected chi connectivity index (χ0v) is 13.4. The average Bonchev–Trinajstić information content (AvgIpc) is 3.21. The lowest BCUT2D eigenvalue weighted by Crippen LogP contribution is -2.52. The van der Waals surface area contributed by atoms with E-state index < -0.39 is 17.9 Å². The monoisotopic (exact) mass is 355 g/mol. The van der Waals surface area contributed by atoms with Crippen LogP contribution in [0.2, 0.25) is 0 Å². The van der Waals surface area contributed by atoms with Crippen LogP contribution in [0.4, 0.5) is 0 Å². The van der Waals surface area contributed by atoms with Gasteiger partial charge >= 0.3 is 5.97 Å². The van der Waals surface area contributed by atoms with Gasteiger partial charge in [0, 0.05) is 18.5 Å². The van der Waals surface area contributed by atoms with Gasteiger partial charge in [-0.1, -0.05) is 11.3 Å². The second-order valence-electron chi connectivity index (χ2n) is 6.09. The fourth-order valence-corrected chi connectivity index (χ4v) is 3.17. The summed E-state index contributed by atoms with van der Waals surface area (Å²) in [5, 5.41) is 18.5. The Labute approximate surface area is 146 Å². The number of hydrogen-bond donors (Lipinski definition) is 2. The van der Waals surface area contributed by atoms with E-state index in [1.807, 2.05) is 0 Å². The van der Waals surface area contributed by atoms with Crippen LogP contribution >= 0.6 is 0 Å². The molecule has 0 saturated carbocycles. The second kappa shape index (κ2) is 5.76. The summed E-state index contributed by atoms with van der Waals surface area (Å²) in [5.41, 5.74) is 1.45. The molecule has 1 atom stereocenters. The zero-order chi connectivity index (χ0) is 18.4. The molecule has 1 aromatic carbocycles. The van der Waals surface area contributed by atoms with Gasteiger partial charge < -0.3 is 10.0 Å². The Balaban J connectivity index is 1.62. The van der Waals surface area contributed by atoms with Crippen LogP contribution in [-0.2, 0) is 16.1 Å². The first kappa shape index (κ1) is 15.9. The number of fused-ring (bicyclic) bond motifs is 1. The van der Waals surface area contributed by atoms with Gasteiger partial charge in [0.25, 0.3) is 5.91 Å². The minimum absolute atomic E-state index is 0.193. The van der Waals surface area contributed by atoms with Crippen molar-refractivity contribution in [3.8, 4) is 5.69 Å². The molecule has 3 amide bonds. The van der Waals surface area contributed by atoms with E-state index in [4.69, 9.17) is 5.11 Å². The summed E-state index contributed by atoms with van der Waals surface area (Å²) < 4.78 is 1.27. The first-order valence-corrected chi connectivity index (χ1v) is 7.87. The SMILES string of the molecule is O=C1CCC(N2Cc3ccc(-n4cc(C(=O)O)nn4)cc3C2=O)C(=O)N1. The van der Waals surface area contributed by atoms with E-state index in [1.54, 1.807) is 18.2 Å². The molecule has 1 aromatic heterocycles. The molecule has 1 unspecified atom stereocenters. The van der Waals surface area contributed by atoms with Crippen LogP contribution in [0.15, 0.2) is 24.4 Å². The Morgan fingerprint density at radius 1 is 1.27 bits per heavy atom. The zero-order valence-electron chi connectivity index (χ0n) is 13.4. The van der Waals surface area contributed by atoms with E-state index in [9.17, 15) is 19.2 Å². The Bertz CT molecular complexity index is 966. The molecule has 4 rings (SSSR count). The lowest BCUT2D eigenvalue weighted by atomic mass is 10.0. The minimum Gasteiger partial charge on any atom is -0.476 e. The third-order valence-electron chi connectivity index (χ3n) is 4.49. The van der Waals surface area contributed by atoms with Gasteiger partial charge in [0.2, 0.25) is 11.8 Å². The normalized spacial score (nSPS) is 19.5. The maximum absolute atomic E-state index is 12.7. The van der Waals surface area contributed by atoms with Gasteiger partial charge in [-0.15, -0.1) is 5.10 Å².